The van der Waals surface area contributed by atoms with E-state index in [0.717, 1.165) is 0 Å². The second-order valence-electron chi connectivity index (χ2n) is 4.51. The summed E-state index contributed by atoms with van der Waals surface area (Å²) in [5.74, 6) is -0.123. The molecule has 2 aromatic heterocycles. The number of nitrogens with one attached hydrogen (secondary N) is 1. The van der Waals surface area contributed by atoms with Gasteiger partial charge in [0, 0.05) is 24.3 Å². The lowest BCUT2D eigenvalue weighted by Gasteiger charge is -2.12. The van der Waals surface area contributed by atoms with Gasteiger partial charge in [0.1, 0.15) is 12.0 Å². The number of carbonyl (C=O) groups is 1. The summed E-state index contributed by atoms with van der Waals surface area (Å²) >= 11 is 0. The number of fused-ring (bicyclic) bond motifs is 1. The fourth-order valence-electron chi connectivity index (χ4n) is 1.87. The molecule has 108 valence electrons. The third kappa shape index (κ3) is 3.57. The monoisotopic (exact) mass is 285 g/mol. The molecule has 0 saturated carbocycles. The van der Waals surface area contributed by atoms with Crippen molar-refractivity contribution in [1.29, 1.82) is 5.26 Å². The smallest absolute Gasteiger partial charge is 0.241 e. The van der Waals surface area contributed by atoms with Crippen molar-refractivity contribution in [2.24, 2.45) is 5.73 Å². The molecule has 0 aliphatic heterocycles. The summed E-state index contributed by atoms with van der Waals surface area (Å²) in [6, 6.07) is 2.08. The number of amides is 1. The lowest BCUT2D eigenvalue weighted by molar-refractivity contribution is -0.113. The number of rotatable bonds is 6. The van der Waals surface area contributed by atoms with Gasteiger partial charge in [-0.05, 0) is 19.4 Å². The van der Waals surface area contributed by atoms with Gasteiger partial charge in [0.05, 0.1) is 17.6 Å². The molecule has 0 aliphatic rings. The van der Waals surface area contributed by atoms with Crippen molar-refractivity contribution in [3.05, 3.63) is 24.2 Å². The van der Waals surface area contributed by atoms with Crippen LogP contribution in [-0.4, -0.2) is 27.0 Å². The molecule has 7 heteroatoms. The Morgan fingerprint density at radius 1 is 1.62 bits per heavy atom. The Balaban J connectivity index is 2.33. The van der Waals surface area contributed by atoms with Crippen LogP contribution in [0.4, 0.5) is 0 Å². The molecule has 0 fully saturated rings. The van der Waals surface area contributed by atoms with Crippen molar-refractivity contribution in [2.45, 2.75) is 25.9 Å². The zero-order valence-corrected chi connectivity index (χ0v) is 11.5. The Morgan fingerprint density at radius 2 is 2.43 bits per heavy atom. The fraction of sp³-hybridized carbons (Fsp3) is 0.286. The molecule has 0 spiro atoms. The Kier molecular flexibility index (Phi) is 4.51. The molecule has 0 radical (unpaired) electrons. The lowest BCUT2D eigenvalue weighted by atomic mass is 10.2. The van der Waals surface area contributed by atoms with Crippen molar-refractivity contribution >= 4 is 23.0 Å². The average molecular weight is 285 g/mol. The van der Waals surface area contributed by atoms with Gasteiger partial charge >= 0.3 is 0 Å². The van der Waals surface area contributed by atoms with Crippen molar-refractivity contribution in [1.82, 2.24) is 15.0 Å². The lowest BCUT2D eigenvalue weighted by Crippen LogP contribution is -2.12. The second kappa shape index (κ2) is 6.52. The third-order valence-electron chi connectivity index (χ3n) is 2.87. The van der Waals surface area contributed by atoms with E-state index in [1.165, 1.54) is 12.4 Å². The van der Waals surface area contributed by atoms with Crippen molar-refractivity contribution in [2.75, 3.05) is 0 Å². The van der Waals surface area contributed by atoms with E-state index in [2.05, 4.69) is 21.0 Å². The number of ether oxygens (including phenoxy) is 1. The predicted octanol–water partition coefficient (Wildman–Crippen LogP) is 1.53. The molecule has 1 atom stereocenters. The Morgan fingerprint density at radius 3 is 3.14 bits per heavy atom. The number of aromatic amines is 1. The molecule has 1 amide bonds. The highest BCUT2D eigenvalue weighted by molar-refractivity contribution is 5.96. The van der Waals surface area contributed by atoms with E-state index < -0.39 is 5.91 Å². The first-order valence-corrected chi connectivity index (χ1v) is 6.45. The van der Waals surface area contributed by atoms with Gasteiger partial charge in [-0.15, -0.1) is 0 Å². The van der Waals surface area contributed by atoms with Gasteiger partial charge in [0.2, 0.25) is 11.8 Å². The summed E-state index contributed by atoms with van der Waals surface area (Å²) in [6.07, 6.45) is 6.81. The number of carbonyl (C=O) groups excluding carboxylic acids is 1. The van der Waals surface area contributed by atoms with Crippen LogP contribution in [0.1, 0.15) is 25.3 Å². The second-order valence-corrected chi connectivity index (χ2v) is 4.51. The minimum absolute atomic E-state index is 0.148. The Labute approximate surface area is 121 Å². The van der Waals surface area contributed by atoms with Gasteiger partial charge in [-0.3, -0.25) is 4.79 Å². The van der Waals surface area contributed by atoms with Crippen LogP contribution in [0.15, 0.2) is 18.6 Å². The molecule has 7 nitrogen and oxygen atoms in total. The maximum Gasteiger partial charge on any atom is 0.241 e. The summed E-state index contributed by atoms with van der Waals surface area (Å²) in [5, 5.41) is 9.28. The van der Waals surface area contributed by atoms with Crippen molar-refractivity contribution in [3.8, 4) is 11.9 Å². The first-order chi connectivity index (χ1) is 10.1. The van der Waals surface area contributed by atoms with Gasteiger partial charge in [0.15, 0.2) is 0 Å². The molecule has 0 bridgehead atoms. The quantitative estimate of drug-likeness (QED) is 0.780. The maximum absolute atomic E-state index is 10.8. The van der Waals surface area contributed by atoms with E-state index >= 15 is 0 Å². The molecule has 0 saturated heterocycles. The summed E-state index contributed by atoms with van der Waals surface area (Å²) in [6.45, 7) is 1.87. The van der Waals surface area contributed by atoms with Crippen LogP contribution in [0.25, 0.3) is 17.1 Å². The van der Waals surface area contributed by atoms with Crippen LogP contribution >= 0.6 is 0 Å². The SMILES string of the molecule is CC(CCC#N)Oc1ncnc2[nH]cc(C=CC(N)=O)c12. The summed E-state index contributed by atoms with van der Waals surface area (Å²) < 4.78 is 5.76. The zero-order valence-electron chi connectivity index (χ0n) is 11.5. The van der Waals surface area contributed by atoms with Crippen LogP contribution in [0.2, 0.25) is 0 Å². The molecular weight excluding hydrogens is 270 g/mol. The highest BCUT2D eigenvalue weighted by Crippen LogP contribution is 2.27. The van der Waals surface area contributed by atoms with Gasteiger partial charge in [0.25, 0.3) is 0 Å². The number of hydrogen-bond donors (Lipinski definition) is 2. The van der Waals surface area contributed by atoms with Gasteiger partial charge < -0.3 is 15.5 Å². The number of H-pyrrole nitrogens is 1. The first kappa shape index (κ1) is 14.5. The van der Waals surface area contributed by atoms with E-state index in [-0.39, 0.29) is 6.10 Å². The van der Waals surface area contributed by atoms with Crippen LogP contribution in [0.5, 0.6) is 5.88 Å². The van der Waals surface area contributed by atoms with Gasteiger partial charge in [-0.2, -0.15) is 5.26 Å². The molecule has 21 heavy (non-hydrogen) atoms. The number of nitrogens with two attached hydrogens (primary N) is 1. The first-order valence-electron chi connectivity index (χ1n) is 6.45. The van der Waals surface area contributed by atoms with Crippen LogP contribution in [-0.2, 0) is 4.79 Å². The standard InChI is InChI=1S/C14H15N5O2/c1-9(3-2-6-15)21-14-12-10(4-5-11(16)20)7-17-13(12)18-8-19-14/h4-5,7-9H,2-3H2,1H3,(H2,16,20)(H,17,18,19). The number of nitrogens with zero attached hydrogens (tertiary/aromatic N) is 3. The van der Waals surface area contributed by atoms with Gasteiger partial charge in [-0.1, -0.05) is 0 Å². The Bertz CT molecular complexity index is 714. The van der Waals surface area contributed by atoms with Crippen LogP contribution in [0, 0.1) is 11.3 Å². The average Bonchev–Trinajstić information content (AvgIpc) is 2.87. The molecule has 0 aromatic carbocycles. The normalized spacial score (nSPS) is 12.4. The zero-order chi connectivity index (χ0) is 15.2. The number of nitriles is 1. The minimum atomic E-state index is -0.536. The van der Waals surface area contributed by atoms with E-state index in [1.54, 1.807) is 12.3 Å². The fourth-order valence-corrected chi connectivity index (χ4v) is 1.87. The largest absolute Gasteiger partial charge is 0.474 e. The van der Waals surface area contributed by atoms with Crippen LogP contribution in [0.3, 0.4) is 0 Å². The summed E-state index contributed by atoms with van der Waals surface area (Å²) in [7, 11) is 0. The maximum atomic E-state index is 10.8. The predicted molar refractivity (Wildman–Crippen MR) is 77.1 cm³/mol. The highest BCUT2D eigenvalue weighted by Gasteiger charge is 2.13. The van der Waals surface area contributed by atoms with Crippen molar-refractivity contribution in [3.63, 3.8) is 0 Å². The highest BCUT2D eigenvalue weighted by atomic mass is 16.5. The van der Waals surface area contributed by atoms with E-state index in [9.17, 15) is 4.79 Å². The molecule has 3 N–H and O–H groups in total. The van der Waals surface area contributed by atoms with E-state index in [0.29, 0.717) is 35.3 Å². The molecule has 2 rings (SSSR count). The minimum Gasteiger partial charge on any atom is -0.474 e. The number of hydrogen-bond acceptors (Lipinski definition) is 5. The van der Waals surface area contributed by atoms with Gasteiger partial charge in [-0.25, -0.2) is 9.97 Å². The Hall–Kier alpha value is -2.88. The van der Waals surface area contributed by atoms with Crippen molar-refractivity contribution < 1.29 is 9.53 Å². The third-order valence-corrected chi connectivity index (χ3v) is 2.87. The molecule has 2 heterocycles. The molecular formula is C14H15N5O2. The van der Waals surface area contributed by atoms with E-state index in [1.807, 2.05) is 6.92 Å². The summed E-state index contributed by atoms with van der Waals surface area (Å²) in [5.41, 5.74) is 6.42. The van der Waals surface area contributed by atoms with Crippen LogP contribution < -0.4 is 10.5 Å². The topological polar surface area (TPSA) is 118 Å². The van der Waals surface area contributed by atoms with E-state index in [4.69, 9.17) is 15.7 Å². The molecule has 2 aromatic rings. The number of primary amides is 1. The molecule has 1 unspecified atom stereocenters. The molecule has 0 aliphatic carbocycles. The summed E-state index contributed by atoms with van der Waals surface area (Å²) in [4.78, 5) is 22.1. The number of aromatic nitrogens is 3.